The number of Topliss-reactive ketones (excluding diaryl/α,β-unsaturated/α-hetero) is 1. The molecule has 1 atom stereocenters. The van der Waals surface area contributed by atoms with Gasteiger partial charge in [0.2, 0.25) is 0 Å². The Balaban J connectivity index is 3.37. The van der Waals surface area contributed by atoms with E-state index in [1.165, 1.54) is 20.0 Å². The molecular weight excluding hydrogens is 292 g/mol. The van der Waals surface area contributed by atoms with Crippen LogP contribution in [0.25, 0.3) is 0 Å². The van der Waals surface area contributed by atoms with E-state index in [0.717, 1.165) is 51.4 Å². The number of hydrogen-bond acceptors (Lipinski definition) is 4. The van der Waals surface area contributed by atoms with Gasteiger partial charge in [0.1, 0.15) is 5.78 Å². The maximum Gasteiger partial charge on any atom is 0.305 e. The highest BCUT2D eigenvalue weighted by Gasteiger charge is 2.08. The lowest BCUT2D eigenvalue weighted by atomic mass is 10.0. The zero-order chi connectivity index (χ0) is 17.3. The number of aliphatic hydroxyl groups excluding tert-OH is 1. The molecule has 0 aromatic rings. The Labute approximate surface area is 142 Å². The highest BCUT2D eigenvalue weighted by molar-refractivity contribution is 5.78. The lowest BCUT2D eigenvalue weighted by molar-refractivity contribution is -0.140. The van der Waals surface area contributed by atoms with E-state index in [1.54, 1.807) is 0 Å². The zero-order valence-electron chi connectivity index (χ0n) is 15.1. The summed E-state index contributed by atoms with van der Waals surface area (Å²) in [4.78, 5) is 22.6. The van der Waals surface area contributed by atoms with Crippen LogP contribution in [0.2, 0.25) is 0 Å². The molecule has 0 aliphatic heterocycles. The van der Waals surface area contributed by atoms with E-state index in [2.05, 4.69) is 11.7 Å². The zero-order valence-corrected chi connectivity index (χ0v) is 15.1. The summed E-state index contributed by atoms with van der Waals surface area (Å²) in [6.07, 6.45) is 12.3. The van der Waals surface area contributed by atoms with E-state index >= 15 is 0 Å². The minimum atomic E-state index is -0.343. The van der Waals surface area contributed by atoms with Crippen LogP contribution in [-0.4, -0.2) is 30.1 Å². The van der Waals surface area contributed by atoms with Gasteiger partial charge in [-0.3, -0.25) is 9.59 Å². The molecule has 1 N–H and O–H groups in total. The fourth-order valence-electron chi connectivity index (χ4n) is 2.63. The number of ether oxygens (including phenoxy) is 1. The van der Waals surface area contributed by atoms with E-state index in [0.29, 0.717) is 31.5 Å². The summed E-state index contributed by atoms with van der Waals surface area (Å²) in [7, 11) is 1.42. The van der Waals surface area contributed by atoms with Crippen LogP contribution in [0.15, 0.2) is 0 Å². The normalized spacial score (nSPS) is 12.1. The molecule has 0 heterocycles. The van der Waals surface area contributed by atoms with E-state index in [4.69, 9.17) is 0 Å². The number of esters is 1. The fraction of sp³-hybridized carbons (Fsp3) is 0.895. The molecule has 0 saturated heterocycles. The van der Waals surface area contributed by atoms with Gasteiger partial charge in [0, 0.05) is 19.3 Å². The maximum atomic E-state index is 11.7. The summed E-state index contributed by atoms with van der Waals surface area (Å²) < 4.78 is 4.59. The molecule has 0 aliphatic rings. The molecule has 0 aliphatic carbocycles. The van der Waals surface area contributed by atoms with Crippen molar-refractivity contribution in [3.05, 3.63) is 0 Å². The first-order chi connectivity index (χ1) is 11.1. The van der Waals surface area contributed by atoms with Gasteiger partial charge in [0.25, 0.3) is 0 Å². The van der Waals surface area contributed by atoms with Crippen molar-refractivity contribution >= 4 is 11.8 Å². The monoisotopic (exact) mass is 328 g/mol. The third-order valence-corrected chi connectivity index (χ3v) is 4.21. The van der Waals surface area contributed by atoms with Gasteiger partial charge in [-0.25, -0.2) is 0 Å². The van der Waals surface area contributed by atoms with Gasteiger partial charge in [0.05, 0.1) is 13.2 Å². The van der Waals surface area contributed by atoms with Gasteiger partial charge < -0.3 is 9.84 Å². The average molecular weight is 328 g/mol. The second-order valence-corrected chi connectivity index (χ2v) is 6.42. The molecule has 0 aromatic heterocycles. The van der Waals surface area contributed by atoms with Gasteiger partial charge in [-0.1, -0.05) is 51.9 Å². The summed E-state index contributed by atoms with van der Waals surface area (Å²) in [6, 6.07) is 0. The second kappa shape index (κ2) is 16.0. The van der Waals surface area contributed by atoms with Crippen LogP contribution < -0.4 is 0 Å². The predicted molar refractivity (Wildman–Crippen MR) is 93.3 cm³/mol. The first-order valence-corrected chi connectivity index (χ1v) is 9.36. The topological polar surface area (TPSA) is 63.6 Å². The largest absolute Gasteiger partial charge is 0.469 e. The minimum absolute atomic E-state index is 0.139. The Hall–Kier alpha value is -0.900. The molecule has 4 nitrogen and oxygen atoms in total. The lowest BCUT2D eigenvalue weighted by Crippen LogP contribution is -2.09. The molecule has 136 valence electrons. The predicted octanol–water partition coefficient (Wildman–Crippen LogP) is 4.57. The molecule has 0 fully saturated rings. The molecule has 0 saturated carbocycles. The Morgan fingerprint density at radius 1 is 0.826 bits per heavy atom. The number of aliphatic hydroxyl groups is 1. The lowest BCUT2D eigenvalue weighted by Gasteiger charge is -2.10. The Morgan fingerprint density at radius 3 is 2.13 bits per heavy atom. The van der Waals surface area contributed by atoms with Gasteiger partial charge in [-0.15, -0.1) is 0 Å². The van der Waals surface area contributed by atoms with E-state index in [-0.39, 0.29) is 12.1 Å². The first-order valence-electron chi connectivity index (χ1n) is 9.36. The average Bonchev–Trinajstić information content (AvgIpc) is 2.55. The molecular formula is C19H36O4. The molecule has 0 aromatic carbocycles. The van der Waals surface area contributed by atoms with Crippen LogP contribution in [0.5, 0.6) is 0 Å². The van der Waals surface area contributed by atoms with E-state index < -0.39 is 0 Å². The van der Waals surface area contributed by atoms with Crippen molar-refractivity contribution in [1.82, 2.24) is 0 Å². The van der Waals surface area contributed by atoms with Crippen molar-refractivity contribution in [2.45, 2.75) is 103 Å². The fourth-order valence-corrected chi connectivity index (χ4v) is 2.63. The van der Waals surface area contributed by atoms with Crippen molar-refractivity contribution < 1.29 is 19.4 Å². The van der Waals surface area contributed by atoms with Crippen molar-refractivity contribution in [2.24, 2.45) is 0 Å². The molecule has 4 heteroatoms. The molecule has 0 rings (SSSR count). The number of rotatable bonds is 16. The third kappa shape index (κ3) is 15.8. The van der Waals surface area contributed by atoms with Crippen LogP contribution in [-0.2, 0) is 14.3 Å². The minimum Gasteiger partial charge on any atom is -0.469 e. The van der Waals surface area contributed by atoms with Gasteiger partial charge in [0.15, 0.2) is 0 Å². The standard InChI is InChI=1S/C19H36O4/c1-3-4-5-9-12-17(20)15-16-18(21)13-10-7-6-8-11-14-19(22)23-2/h18,21H,3-16H2,1-2H3. The van der Waals surface area contributed by atoms with Gasteiger partial charge >= 0.3 is 5.97 Å². The Morgan fingerprint density at radius 2 is 1.43 bits per heavy atom. The van der Waals surface area contributed by atoms with E-state index in [1.807, 2.05) is 0 Å². The quantitative estimate of drug-likeness (QED) is 0.333. The number of unbranched alkanes of at least 4 members (excludes halogenated alkanes) is 7. The maximum absolute atomic E-state index is 11.7. The summed E-state index contributed by atoms with van der Waals surface area (Å²) in [5.41, 5.74) is 0. The van der Waals surface area contributed by atoms with Crippen molar-refractivity contribution in [1.29, 1.82) is 0 Å². The summed E-state index contributed by atoms with van der Waals surface area (Å²) in [6.45, 7) is 2.16. The number of ketones is 1. The summed E-state index contributed by atoms with van der Waals surface area (Å²) in [5.74, 6) is 0.155. The number of carbonyl (C=O) groups is 2. The van der Waals surface area contributed by atoms with Crippen LogP contribution in [0.4, 0.5) is 0 Å². The van der Waals surface area contributed by atoms with Crippen LogP contribution >= 0.6 is 0 Å². The first kappa shape index (κ1) is 22.1. The molecule has 1 unspecified atom stereocenters. The molecule has 0 amide bonds. The second-order valence-electron chi connectivity index (χ2n) is 6.42. The SMILES string of the molecule is CCCCCCC(=O)CCC(O)CCCCCCCC(=O)OC. The van der Waals surface area contributed by atoms with Crippen molar-refractivity contribution in [3.63, 3.8) is 0 Å². The van der Waals surface area contributed by atoms with Gasteiger partial charge in [-0.05, 0) is 25.7 Å². The highest BCUT2D eigenvalue weighted by Crippen LogP contribution is 2.13. The number of methoxy groups -OCH3 is 1. The van der Waals surface area contributed by atoms with Crippen LogP contribution in [0.1, 0.15) is 96.8 Å². The Bertz CT molecular complexity index is 302. The smallest absolute Gasteiger partial charge is 0.305 e. The van der Waals surface area contributed by atoms with Crippen LogP contribution in [0.3, 0.4) is 0 Å². The summed E-state index contributed by atoms with van der Waals surface area (Å²) >= 11 is 0. The summed E-state index contributed by atoms with van der Waals surface area (Å²) in [5, 5.41) is 9.90. The highest BCUT2D eigenvalue weighted by atomic mass is 16.5. The third-order valence-electron chi connectivity index (χ3n) is 4.21. The molecule has 0 spiro atoms. The van der Waals surface area contributed by atoms with Crippen molar-refractivity contribution in [3.8, 4) is 0 Å². The van der Waals surface area contributed by atoms with Crippen molar-refractivity contribution in [2.75, 3.05) is 7.11 Å². The van der Waals surface area contributed by atoms with E-state index in [9.17, 15) is 14.7 Å². The number of hydrogen-bond donors (Lipinski definition) is 1. The number of carbonyl (C=O) groups excluding carboxylic acids is 2. The molecule has 23 heavy (non-hydrogen) atoms. The van der Waals surface area contributed by atoms with Gasteiger partial charge in [-0.2, -0.15) is 0 Å². The van der Waals surface area contributed by atoms with Crippen LogP contribution in [0, 0.1) is 0 Å². The molecule has 0 radical (unpaired) electrons. The molecule has 0 bridgehead atoms. The Kier molecular flexibility index (Phi) is 15.4.